The van der Waals surface area contributed by atoms with Crippen molar-refractivity contribution in [2.75, 3.05) is 33.6 Å². The van der Waals surface area contributed by atoms with Gasteiger partial charge in [-0.2, -0.15) is 0 Å². The molecule has 0 saturated carbocycles. The van der Waals surface area contributed by atoms with Crippen molar-refractivity contribution in [1.82, 2.24) is 10.2 Å². The number of urea groups is 1. The van der Waals surface area contributed by atoms with Gasteiger partial charge < -0.3 is 25.0 Å². The number of hydrogen-bond acceptors (Lipinski definition) is 4. The molecule has 6 nitrogen and oxygen atoms in total. The van der Waals surface area contributed by atoms with E-state index in [0.717, 1.165) is 12.1 Å². The molecule has 134 valence electrons. The standard InChI is InChI=1S/C19H25N3O3/c1-22(2)13-15-7-5-6-14(10-15)12-20-19(23)21-17-11-16(24-3)8-9-18(17)25-4/h5-11H,12-13H2,1-4H3,(H2,20,21,23). The van der Waals surface area contributed by atoms with Gasteiger partial charge in [0, 0.05) is 19.2 Å². The third kappa shape index (κ3) is 5.69. The van der Waals surface area contributed by atoms with Gasteiger partial charge >= 0.3 is 6.03 Å². The Balaban J connectivity index is 1.97. The molecule has 0 aliphatic rings. The molecule has 2 rings (SSSR count). The molecular formula is C19H25N3O3. The molecule has 0 radical (unpaired) electrons. The summed E-state index contributed by atoms with van der Waals surface area (Å²) in [6.07, 6.45) is 0. The first-order valence-corrected chi connectivity index (χ1v) is 8.01. The molecule has 0 unspecified atom stereocenters. The highest BCUT2D eigenvalue weighted by Gasteiger charge is 2.09. The molecule has 0 bridgehead atoms. The van der Waals surface area contributed by atoms with Crippen LogP contribution in [-0.4, -0.2) is 39.2 Å². The van der Waals surface area contributed by atoms with Crippen molar-refractivity contribution in [2.45, 2.75) is 13.1 Å². The van der Waals surface area contributed by atoms with Gasteiger partial charge in [0.1, 0.15) is 11.5 Å². The first-order valence-electron chi connectivity index (χ1n) is 8.01. The summed E-state index contributed by atoms with van der Waals surface area (Å²) in [5.74, 6) is 1.22. The van der Waals surface area contributed by atoms with Crippen LogP contribution >= 0.6 is 0 Å². The predicted octanol–water partition coefficient (Wildman–Crippen LogP) is 3.09. The molecule has 0 aromatic heterocycles. The first-order chi connectivity index (χ1) is 12.0. The number of carbonyl (C=O) groups is 1. The molecule has 0 aliphatic carbocycles. The van der Waals surface area contributed by atoms with E-state index >= 15 is 0 Å². The minimum Gasteiger partial charge on any atom is -0.497 e. The minimum atomic E-state index is -0.301. The quantitative estimate of drug-likeness (QED) is 0.811. The molecule has 2 N–H and O–H groups in total. The fraction of sp³-hybridized carbons (Fsp3) is 0.316. The normalized spacial score (nSPS) is 10.4. The van der Waals surface area contributed by atoms with Crippen LogP contribution in [0.3, 0.4) is 0 Å². The molecule has 2 amide bonds. The van der Waals surface area contributed by atoms with E-state index in [1.54, 1.807) is 32.4 Å². The Morgan fingerprint density at radius 2 is 1.80 bits per heavy atom. The second-order valence-corrected chi connectivity index (χ2v) is 5.93. The maximum atomic E-state index is 12.2. The van der Waals surface area contributed by atoms with Crippen molar-refractivity contribution in [3.63, 3.8) is 0 Å². The molecule has 0 saturated heterocycles. The van der Waals surface area contributed by atoms with Gasteiger partial charge in [-0.3, -0.25) is 0 Å². The second-order valence-electron chi connectivity index (χ2n) is 5.93. The number of ether oxygens (including phenoxy) is 2. The van der Waals surface area contributed by atoms with Crippen LogP contribution in [0.1, 0.15) is 11.1 Å². The second kappa shape index (κ2) is 8.94. The Hall–Kier alpha value is -2.73. The maximum Gasteiger partial charge on any atom is 0.319 e. The highest BCUT2D eigenvalue weighted by Crippen LogP contribution is 2.28. The van der Waals surface area contributed by atoms with Crippen LogP contribution in [0.2, 0.25) is 0 Å². The average Bonchev–Trinajstić information content (AvgIpc) is 2.59. The molecule has 6 heteroatoms. The topological polar surface area (TPSA) is 62.8 Å². The average molecular weight is 343 g/mol. The van der Waals surface area contributed by atoms with Crippen molar-refractivity contribution in [2.24, 2.45) is 0 Å². The van der Waals surface area contributed by atoms with Gasteiger partial charge in [-0.05, 0) is 37.4 Å². The number of amides is 2. The lowest BCUT2D eigenvalue weighted by Crippen LogP contribution is -2.28. The largest absolute Gasteiger partial charge is 0.497 e. The van der Waals surface area contributed by atoms with E-state index in [-0.39, 0.29) is 6.03 Å². The van der Waals surface area contributed by atoms with Gasteiger partial charge in [-0.1, -0.05) is 24.3 Å². The highest BCUT2D eigenvalue weighted by molar-refractivity contribution is 5.91. The van der Waals surface area contributed by atoms with Gasteiger partial charge in [0.15, 0.2) is 0 Å². The van der Waals surface area contributed by atoms with Crippen molar-refractivity contribution >= 4 is 11.7 Å². The van der Waals surface area contributed by atoms with E-state index in [2.05, 4.69) is 27.7 Å². The van der Waals surface area contributed by atoms with Crippen LogP contribution in [-0.2, 0) is 13.1 Å². The number of anilines is 1. The Labute approximate surface area is 148 Å². The van der Waals surface area contributed by atoms with Crippen LogP contribution in [0.4, 0.5) is 10.5 Å². The number of carbonyl (C=O) groups excluding carboxylic acids is 1. The fourth-order valence-electron chi connectivity index (χ4n) is 2.46. The third-order valence-electron chi connectivity index (χ3n) is 3.60. The number of benzene rings is 2. The summed E-state index contributed by atoms with van der Waals surface area (Å²) in [4.78, 5) is 14.3. The third-order valence-corrected chi connectivity index (χ3v) is 3.60. The zero-order chi connectivity index (χ0) is 18.2. The molecule has 25 heavy (non-hydrogen) atoms. The van der Waals surface area contributed by atoms with Crippen LogP contribution in [0, 0.1) is 0 Å². The Morgan fingerprint density at radius 1 is 1.04 bits per heavy atom. The summed E-state index contributed by atoms with van der Waals surface area (Å²) in [6, 6.07) is 13.1. The number of rotatable bonds is 7. The number of nitrogens with one attached hydrogen (secondary N) is 2. The predicted molar refractivity (Wildman–Crippen MR) is 99.2 cm³/mol. The van der Waals surface area contributed by atoms with Gasteiger partial charge in [0.2, 0.25) is 0 Å². The van der Waals surface area contributed by atoms with E-state index in [1.165, 1.54) is 5.56 Å². The summed E-state index contributed by atoms with van der Waals surface area (Å²) in [6.45, 7) is 1.31. The van der Waals surface area contributed by atoms with Crippen LogP contribution in [0.5, 0.6) is 11.5 Å². The van der Waals surface area contributed by atoms with E-state index in [4.69, 9.17) is 9.47 Å². The SMILES string of the molecule is COc1ccc(OC)c(NC(=O)NCc2cccc(CN(C)C)c2)c1. The Kier molecular flexibility index (Phi) is 6.65. The lowest BCUT2D eigenvalue weighted by atomic mass is 10.1. The summed E-state index contributed by atoms with van der Waals surface area (Å²) in [7, 11) is 7.19. The highest BCUT2D eigenvalue weighted by atomic mass is 16.5. The lowest BCUT2D eigenvalue weighted by molar-refractivity contribution is 0.251. The summed E-state index contributed by atoms with van der Waals surface area (Å²) >= 11 is 0. The number of hydrogen-bond donors (Lipinski definition) is 2. The van der Waals surface area contributed by atoms with E-state index < -0.39 is 0 Å². The molecular weight excluding hydrogens is 318 g/mol. The molecule has 2 aromatic rings. The van der Waals surface area contributed by atoms with Crippen LogP contribution < -0.4 is 20.1 Å². The van der Waals surface area contributed by atoms with Gasteiger partial charge in [-0.15, -0.1) is 0 Å². The van der Waals surface area contributed by atoms with E-state index in [9.17, 15) is 4.79 Å². The zero-order valence-electron chi connectivity index (χ0n) is 15.1. The van der Waals surface area contributed by atoms with Gasteiger partial charge in [0.25, 0.3) is 0 Å². The first kappa shape index (κ1) is 18.6. The van der Waals surface area contributed by atoms with Gasteiger partial charge in [0.05, 0.1) is 19.9 Å². The van der Waals surface area contributed by atoms with Crippen molar-refractivity contribution in [3.8, 4) is 11.5 Å². The minimum absolute atomic E-state index is 0.301. The Morgan fingerprint density at radius 3 is 2.48 bits per heavy atom. The lowest BCUT2D eigenvalue weighted by Gasteiger charge is -2.13. The summed E-state index contributed by atoms with van der Waals surface area (Å²) in [5, 5.41) is 5.65. The Bertz CT molecular complexity index is 717. The number of methoxy groups -OCH3 is 2. The molecule has 0 heterocycles. The van der Waals surface area contributed by atoms with Crippen molar-refractivity contribution < 1.29 is 14.3 Å². The van der Waals surface area contributed by atoms with Crippen molar-refractivity contribution in [3.05, 3.63) is 53.6 Å². The van der Waals surface area contributed by atoms with E-state index in [1.807, 2.05) is 26.2 Å². The summed E-state index contributed by atoms with van der Waals surface area (Å²) < 4.78 is 10.4. The monoisotopic (exact) mass is 343 g/mol. The molecule has 2 aromatic carbocycles. The van der Waals surface area contributed by atoms with Crippen LogP contribution in [0.25, 0.3) is 0 Å². The molecule has 0 fully saturated rings. The van der Waals surface area contributed by atoms with Gasteiger partial charge in [-0.25, -0.2) is 4.79 Å². The van der Waals surface area contributed by atoms with Crippen molar-refractivity contribution in [1.29, 1.82) is 0 Å². The maximum absolute atomic E-state index is 12.2. The zero-order valence-corrected chi connectivity index (χ0v) is 15.1. The molecule has 0 atom stereocenters. The number of nitrogens with zero attached hydrogens (tertiary/aromatic N) is 1. The summed E-state index contributed by atoms with van der Waals surface area (Å²) in [5.41, 5.74) is 2.81. The fourth-order valence-corrected chi connectivity index (χ4v) is 2.46. The molecule has 0 aliphatic heterocycles. The molecule has 0 spiro atoms. The van der Waals surface area contributed by atoms with E-state index in [0.29, 0.717) is 23.7 Å². The van der Waals surface area contributed by atoms with Crippen LogP contribution in [0.15, 0.2) is 42.5 Å². The smallest absolute Gasteiger partial charge is 0.319 e.